The number of rotatable bonds is 3. The van der Waals surface area contributed by atoms with Gasteiger partial charge in [-0.2, -0.15) is 0 Å². The van der Waals surface area contributed by atoms with Crippen LogP contribution in [0.3, 0.4) is 0 Å². The molecule has 0 bridgehead atoms. The maximum Gasteiger partial charge on any atom is 0.494 e. The van der Waals surface area contributed by atoms with Gasteiger partial charge in [-0.05, 0) is 104 Å². The van der Waals surface area contributed by atoms with Gasteiger partial charge in [-0.1, -0.05) is 18.6 Å². The number of hydrogen-bond donors (Lipinski definition) is 0. The van der Waals surface area contributed by atoms with Gasteiger partial charge in [-0.15, -0.1) is 0 Å². The lowest BCUT2D eigenvalue weighted by molar-refractivity contribution is -0.124. The Labute approximate surface area is 194 Å². The molecule has 0 aromatic heterocycles. The van der Waals surface area contributed by atoms with E-state index < -0.39 is 12.5 Å². The second-order valence-electron chi connectivity index (χ2n) is 12.3. The molecule has 0 unspecified atom stereocenters. The normalized spacial score (nSPS) is 33.3. The number of amides is 1. The molecule has 3 fully saturated rings. The highest BCUT2D eigenvalue weighted by Crippen LogP contribution is 2.51. The fourth-order valence-electron chi connectivity index (χ4n) is 6.11. The van der Waals surface area contributed by atoms with Crippen LogP contribution in [-0.4, -0.2) is 53.8 Å². The average Bonchev–Trinajstić information content (AvgIpc) is 3.05. The molecule has 0 spiro atoms. The Balaban J connectivity index is 1.44. The molecule has 5 nitrogen and oxygen atoms in total. The molecule has 0 atom stereocenters. The van der Waals surface area contributed by atoms with Gasteiger partial charge in [-0.3, -0.25) is 4.79 Å². The SMILES string of the molecule is CC1(C)C(=O)N(C2(C)CC(N3CCCCC3)C2)c2cc(B3OC(C)(C)C(C)(C)O3)ccc21. The summed E-state index contributed by atoms with van der Waals surface area (Å²) in [6.45, 7) is 17.1. The Morgan fingerprint density at radius 1 is 0.906 bits per heavy atom. The number of hydrogen-bond acceptors (Lipinski definition) is 4. The van der Waals surface area contributed by atoms with Gasteiger partial charge in [0.2, 0.25) is 5.91 Å². The van der Waals surface area contributed by atoms with Crippen molar-refractivity contribution in [2.75, 3.05) is 18.0 Å². The lowest BCUT2D eigenvalue weighted by Crippen LogP contribution is -2.64. The molecule has 6 heteroatoms. The van der Waals surface area contributed by atoms with Crippen LogP contribution in [0.15, 0.2) is 18.2 Å². The maximum absolute atomic E-state index is 13.7. The van der Waals surface area contributed by atoms with E-state index in [4.69, 9.17) is 9.31 Å². The molecule has 3 aliphatic heterocycles. The average molecular weight is 438 g/mol. The second-order valence-corrected chi connectivity index (χ2v) is 12.3. The lowest BCUT2D eigenvalue weighted by atomic mass is 9.71. The van der Waals surface area contributed by atoms with Crippen molar-refractivity contribution in [1.82, 2.24) is 4.90 Å². The van der Waals surface area contributed by atoms with Crippen LogP contribution in [0.4, 0.5) is 5.69 Å². The molecule has 1 saturated carbocycles. The van der Waals surface area contributed by atoms with Gasteiger partial charge >= 0.3 is 7.12 Å². The van der Waals surface area contributed by atoms with Gasteiger partial charge in [-0.25, -0.2) is 0 Å². The first-order valence-corrected chi connectivity index (χ1v) is 12.4. The number of carbonyl (C=O) groups is 1. The zero-order valence-corrected chi connectivity index (χ0v) is 21.0. The molecule has 5 rings (SSSR count). The van der Waals surface area contributed by atoms with Crippen molar-refractivity contribution in [3.8, 4) is 0 Å². The molecule has 3 heterocycles. The van der Waals surface area contributed by atoms with Gasteiger partial charge in [0.15, 0.2) is 0 Å². The minimum Gasteiger partial charge on any atom is -0.399 e. The highest BCUT2D eigenvalue weighted by Gasteiger charge is 2.57. The fraction of sp³-hybridized carbons (Fsp3) is 0.731. The van der Waals surface area contributed by atoms with E-state index in [-0.39, 0.29) is 22.6 Å². The molecular weight excluding hydrogens is 399 g/mol. The number of nitrogens with zero attached hydrogens (tertiary/aromatic N) is 2. The summed E-state index contributed by atoms with van der Waals surface area (Å²) in [6.07, 6.45) is 6.07. The van der Waals surface area contributed by atoms with Gasteiger partial charge in [0, 0.05) is 17.3 Å². The molecule has 1 aromatic carbocycles. The van der Waals surface area contributed by atoms with E-state index in [2.05, 4.69) is 76.5 Å². The largest absolute Gasteiger partial charge is 0.494 e. The van der Waals surface area contributed by atoms with E-state index in [1.807, 2.05) is 0 Å². The Morgan fingerprint density at radius 2 is 1.50 bits per heavy atom. The Bertz CT molecular complexity index is 913. The predicted molar refractivity (Wildman–Crippen MR) is 130 cm³/mol. The van der Waals surface area contributed by atoms with Crippen LogP contribution in [-0.2, 0) is 19.5 Å². The molecular formula is C26H39BN2O3. The Kier molecular flexibility index (Phi) is 4.95. The van der Waals surface area contributed by atoms with E-state index in [0.29, 0.717) is 6.04 Å². The third-order valence-corrected chi connectivity index (χ3v) is 9.00. The summed E-state index contributed by atoms with van der Waals surface area (Å²) in [4.78, 5) is 18.5. The topological polar surface area (TPSA) is 42.0 Å². The van der Waals surface area contributed by atoms with Crippen molar-refractivity contribution < 1.29 is 14.1 Å². The maximum atomic E-state index is 13.7. The highest BCUT2D eigenvalue weighted by atomic mass is 16.7. The number of likely N-dealkylation sites (tertiary alicyclic amines) is 1. The van der Waals surface area contributed by atoms with Gasteiger partial charge < -0.3 is 19.1 Å². The van der Waals surface area contributed by atoms with E-state index in [9.17, 15) is 4.79 Å². The van der Waals surface area contributed by atoms with Crippen LogP contribution in [0.2, 0.25) is 0 Å². The monoisotopic (exact) mass is 438 g/mol. The third kappa shape index (κ3) is 3.20. The van der Waals surface area contributed by atoms with E-state index in [0.717, 1.165) is 29.6 Å². The van der Waals surface area contributed by atoms with Crippen molar-refractivity contribution in [3.63, 3.8) is 0 Å². The van der Waals surface area contributed by atoms with Gasteiger partial charge in [0.1, 0.15) is 0 Å². The van der Waals surface area contributed by atoms with Crippen LogP contribution in [0.5, 0.6) is 0 Å². The summed E-state index contributed by atoms with van der Waals surface area (Å²) in [7, 11) is -0.416. The van der Waals surface area contributed by atoms with E-state index >= 15 is 0 Å². The third-order valence-electron chi connectivity index (χ3n) is 9.00. The quantitative estimate of drug-likeness (QED) is 0.669. The smallest absolute Gasteiger partial charge is 0.399 e. The standard InChI is InChI=1S/C26H39BN2O3/c1-23(2)20-12-11-18(27-31-24(3,4)25(5,6)32-27)15-21(20)29(22(23)30)26(7)16-19(17-26)28-13-9-8-10-14-28/h11-12,15,19H,8-10,13-14,16-17H2,1-7H3. The first-order chi connectivity index (χ1) is 14.9. The molecule has 0 radical (unpaired) electrons. The molecule has 0 N–H and O–H groups in total. The second kappa shape index (κ2) is 7.07. The van der Waals surface area contributed by atoms with E-state index in [1.54, 1.807) is 0 Å². The summed E-state index contributed by atoms with van der Waals surface area (Å²) in [5, 5.41) is 0. The fourth-order valence-corrected chi connectivity index (χ4v) is 6.11. The Morgan fingerprint density at radius 3 is 2.09 bits per heavy atom. The van der Waals surface area contributed by atoms with Crippen LogP contribution < -0.4 is 10.4 Å². The molecule has 1 amide bonds. The summed E-state index contributed by atoms with van der Waals surface area (Å²) < 4.78 is 12.6. The molecule has 32 heavy (non-hydrogen) atoms. The summed E-state index contributed by atoms with van der Waals surface area (Å²) in [6, 6.07) is 6.96. The van der Waals surface area contributed by atoms with Crippen molar-refractivity contribution in [2.45, 2.75) is 109 Å². The summed E-state index contributed by atoms with van der Waals surface area (Å²) in [5.41, 5.74) is 1.75. The number of benzene rings is 1. The van der Waals surface area contributed by atoms with Crippen LogP contribution in [0, 0.1) is 0 Å². The van der Waals surface area contributed by atoms with Crippen LogP contribution in [0.25, 0.3) is 0 Å². The lowest BCUT2D eigenvalue weighted by Gasteiger charge is -2.55. The zero-order valence-electron chi connectivity index (χ0n) is 21.0. The number of piperidine rings is 1. The molecule has 1 aromatic rings. The van der Waals surface area contributed by atoms with Crippen LogP contribution >= 0.6 is 0 Å². The molecule has 2 saturated heterocycles. The van der Waals surface area contributed by atoms with Crippen molar-refractivity contribution in [1.29, 1.82) is 0 Å². The molecule has 174 valence electrons. The van der Waals surface area contributed by atoms with Crippen molar-refractivity contribution in [2.24, 2.45) is 0 Å². The first-order valence-electron chi connectivity index (χ1n) is 12.4. The predicted octanol–water partition coefficient (Wildman–Crippen LogP) is 4.02. The van der Waals surface area contributed by atoms with E-state index in [1.165, 1.54) is 32.4 Å². The molecule has 4 aliphatic rings. The minimum atomic E-state index is -0.511. The Hall–Kier alpha value is -1.37. The number of anilines is 1. The summed E-state index contributed by atoms with van der Waals surface area (Å²) >= 11 is 0. The summed E-state index contributed by atoms with van der Waals surface area (Å²) in [5.74, 6) is 0.221. The van der Waals surface area contributed by atoms with Gasteiger partial charge in [0.25, 0.3) is 0 Å². The number of carbonyl (C=O) groups excluding carboxylic acids is 1. The molecule has 1 aliphatic carbocycles. The highest BCUT2D eigenvalue weighted by molar-refractivity contribution is 6.62. The minimum absolute atomic E-state index is 0.129. The number of fused-ring (bicyclic) bond motifs is 1. The van der Waals surface area contributed by atoms with Crippen molar-refractivity contribution >= 4 is 24.2 Å². The van der Waals surface area contributed by atoms with Gasteiger partial charge in [0.05, 0.1) is 16.6 Å². The van der Waals surface area contributed by atoms with Crippen molar-refractivity contribution in [3.05, 3.63) is 23.8 Å². The van der Waals surface area contributed by atoms with Crippen LogP contribution in [0.1, 0.15) is 86.1 Å². The first kappa shape index (κ1) is 22.4. The zero-order chi connectivity index (χ0) is 23.1.